The van der Waals surface area contributed by atoms with Crippen LogP contribution in [0.15, 0.2) is 18.2 Å². The number of halogens is 3. The molecule has 17 heavy (non-hydrogen) atoms. The van der Waals surface area contributed by atoms with E-state index in [1.807, 2.05) is 13.8 Å². The number of fused-ring (bicyclic) bond motifs is 1. The third-order valence-corrected chi connectivity index (χ3v) is 2.82. The maximum Gasteiger partial charge on any atom is 0.454 e. The molecule has 0 bridgehead atoms. The third-order valence-electron chi connectivity index (χ3n) is 2.82. The van der Waals surface area contributed by atoms with E-state index in [1.165, 1.54) is 12.1 Å². The molecule has 92 valence electrons. The molecule has 1 aromatic carbocycles. The molecule has 2 nitrogen and oxygen atoms in total. The van der Waals surface area contributed by atoms with Crippen LogP contribution >= 0.6 is 0 Å². The van der Waals surface area contributed by atoms with E-state index in [9.17, 15) is 18.0 Å². The Labute approximate surface area is 96.4 Å². The van der Waals surface area contributed by atoms with Gasteiger partial charge < -0.3 is 4.74 Å². The highest BCUT2D eigenvalue weighted by Crippen LogP contribution is 2.39. The molecule has 0 fully saturated rings. The zero-order chi connectivity index (χ0) is 12.8. The van der Waals surface area contributed by atoms with Crippen molar-refractivity contribution in [3.8, 4) is 5.75 Å². The van der Waals surface area contributed by atoms with E-state index in [-0.39, 0.29) is 11.0 Å². The van der Waals surface area contributed by atoms with Crippen molar-refractivity contribution in [2.24, 2.45) is 0 Å². The van der Waals surface area contributed by atoms with Crippen LogP contribution in [0.25, 0.3) is 0 Å². The molecule has 5 heteroatoms. The summed E-state index contributed by atoms with van der Waals surface area (Å²) in [5, 5.41) is 0. The second kappa shape index (κ2) is 3.48. The van der Waals surface area contributed by atoms with Crippen LogP contribution in [0, 0.1) is 0 Å². The van der Waals surface area contributed by atoms with Gasteiger partial charge in [-0.05, 0) is 18.2 Å². The molecule has 1 aliphatic heterocycles. The number of hydrogen-bond donors (Lipinski definition) is 0. The lowest BCUT2D eigenvalue weighted by Gasteiger charge is -2.15. The number of alkyl halides is 3. The molecule has 0 N–H and O–H groups in total. The molecule has 0 atom stereocenters. The van der Waals surface area contributed by atoms with Gasteiger partial charge in [0.1, 0.15) is 5.75 Å². The SMILES string of the molecule is CC1(C)COc2ccc(C(=O)C(F)(F)F)cc21. The highest BCUT2D eigenvalue weighted by Gasteiger charge is 2.40. The predicted octanol–water partition coefficient (Wildman–Crippen LogP) is 3.10. The van der Waals surface area contributed by atoms with E-state index in [1.54, 1.807) is 0 Å². The third kappa shape index (κ3) is 2.01. The van der Waals surface area contributed by atoms with Crippen molar-refractivity contribution in [3.05, 3.63) is 29.3 Å². The molecule has 0 unspecified atom stereocenters. The minimum absolute atomic E-state index is 0.338. The highest BCUT2D eigenvalue weighted by atomic mass is 19.4. The van der Waals surface area contributed by atoms with Gasteiger partial charge >= 0.3 is 6.18 Å². The minimum atomic E-state index is -4.84. The fourth-order valence-electron chi connectivity index (χ4n) is 1.83. The van der Waals surface area contributed by atoms with Crippen LogP contribution in [-0.4, -0.2) is 18.6 Å². The molecule has 1 aromatic rings. The van der Waals surface area contributed by atoms with Gasteiger partial charge in [-0.1, -0.05) is 13.8 Å². The fourth-order valence-corrected chi connectivity index (χ4v) is 1.83. The summed E-state index contributed by atoms with van der Waals surface area (Å²) in [6.45, 7) is 4.13. The highest BCUT2D eigenvalue weighted by molar-refractivity contribution is 6.00. The Morgan fingerprint density at radius 1 is 1.35 bits per heavy atom. The summed E-state index contributed by atoms with van der Waals surface area (Å²) in [4.78, 5) is 11.1. The number of carbonyl (C=O) groups excluding carboxylic acids is 1. The Morgan fingerprint density at radius 3 is 2.59 bits per heavy atom. The maximum absolute atomic E-state index is 12.3. The van der Waals surface area contributed by atoms with Gasteiger partial charge in [-0.25, -0.2) is 0 Å². The Bertz CT molecular complexity index is 475. The van der Waals surface area contributed by atoms with Crippen LogP contribution < -0.4 is 4.74 Å². The van der Waals surface area contributed by atoms with Crippen molar-refractivity contribution in [1.82, 2.24) is 0 Å². The molecule has 0 radical (unpaired) electrons. The molecule has 0 spiro atoms. The number of benzene rings is 1. The summed E-state index contributed by atoms with van der Waals surface area (Å²) in [5.74, 6) is -1.27. The smallest absolute Gasteiger partial charge is 0.454 e. The summed E-state index contributed by atoms with van der Waals surface area (Å²) in [5.41, 5.74) is -0.0561. The average Bonchev–Trinajstić information content (AvgIpc) is 2.52. The minimum Gasteiger partial charge on any atom is -0.492 e. The van der Waals surface area contributed by atoms with Crippen molar-refractivity contribution in [1.29, 1.82) is 0 Å². The number of ketones is 1. The van der Waals surface area contributed by atoms with Crippen LogP contribution in [0.2, 0.25) is 0 Å². The monoisotopic (exact) mass is 244 g/mol. The van der Waals surface area contributed by atoms with Gasteiger partial charge in [-0.15, -0.1) is 0 Å². The summed E-state index contributed by atoms with van der Waals surface area (Å²) in [6, 6.07) is 3.84. The lowest BCUT2D eigenvalue weighted by molar-refractivity contribution is -0.0885. The molecule has 1 heterocycles. The van der Waals surface area contributed by atoms with E-state index in [0.717, 1.165) is 6.07 Å². The number of Topliss-reactive ketones (excluding diaryl/α,β-unsaturated/α-hetero) is 1. The average molecular weight is 244 g/mol. The van der Waals surface area contributed by atoms with Gasteiger partial charge in [-0.3, -0.25) is 4.79 Å². The molecule has 0 aliphatic carbocycles. The van der Waals surface area contributed by atoms with E-state index in [4.69, 9.17) is 4.74 Å². The lowest BCUT2D eigenvalue weighted by atomic mass is 9.86. The molecule has 2 rings (SSSR count). The number of carbonyl (C=O) groups is 1. The number of hydrogen-bond acceptors (Lipinski definition) is 2. The van der Waals surface area contributed by atoms with Crippen molar-refractivity contribution >= 4 is 5.78 Å². The van der Waals surface area contributed by atoms with Gasteiger partial charge in [0.05, 0.1) is 6.61 Å². The van der Waals surface area contributed by atoms with Crippen LogP contribution in [-0.2, 0) is 5.41 Å². The zero-order valence-electron chi connectivity index (χ0n) is 9.39. The molecule has 0 aromatic heterocycles. The second-order valence-corrected chi connectivity index (χ2v) is 4.71. The largest absolute Gasteiger partial charge is 0.492 e. The Morgan fingerprint density at radius 2 is 2.00 bits per heavy atom. The number of ether oxygens (including phenoxy) is 1. The van der Waals surface area contributed by atoms with Gasteiger partial charge in [-0.2, -0.15) is 13.2 Å². The standard InChI is InChI=1S/C12H11F3O2/c1-11(2)6-17-9-4-3-7(5-8(9)11)10(16)12(13,14)15/h3-5H,6H2,1-2H3. The molecular formula is C12H11F3O2. The van der Waals surface area contributed by atoms with Gasteiger partial charge in [0.15, 0.2) is 0 Å². The van der Waals surface area contributed by atoms with E-state index >= 15 is 0 Å². The molecular weight excluding hydrogens is 233 g/mol. The lowest BCUT2D eigenvalue weighted by Crippen LogP contribution is -2.23. The Balaban J connectivity index is 2.45. The van der Waals surface area contributed by atoms with Crippen LogP contribution in [0.5, 0.6) is 5.75 Å². The Kier molecular flexibility index (Phi) is 2.45. The van der Waals surface area contributed by atoms with E-state index < -0.39 is 12.0 Å². The van der Waals surface area contributed by atoms with E-state index in [0.29, 0.717) is 17.9 Å². The van der Waals surface area contributed by atoms with Gasteiger partial charge in [0.25, 0.3) is 5.78 Å². The first-order valence-electron chi connectivity index (χ1n) is 5.11. The van der Waals surface area contributed by atoms with Crippen molar-refractivity contribution < 1.29 is 22.7 Å². The molecule has 0 amide bonds. The maximum atomic E-state index is 12.3. The van der Waals surface area contributed by atoms with Crippen molar-refractivity contribution in [2.75, 3.05) is 6.61 Å². The molecule has 0 saturated carbocycles. The predicted molar refractivity (Wildman–Crippen MR) is 55.3 cm³/mol. The van der Waals surface area contributed by atoms with Crippen LogP contribution in [0.4, 0.5) is 13.2 Å². The quantitative estimate of drug-likeness (QED) is 0.709. The van der Waals surface area contributed by atoms with Gasteiger partial charge in [0.2, 0.25) is 0 Å². The summed E-state index contributed by atoms with van der Waals surface area (Å²) >= 11 is 0. The Hall–Kier alpha value is -1.52. The molecule has 1 aliphatic rings. The van der Waals surface area contributed by atoms with Crippen LogP contribution in [0.1, 0.15) is 29.8 Å². The summed E-state index contributed by atoms with van der Waals surface area (Å²) < 4.78 is 42.2. The van der Waals surface area contributed by atoms with Crippen molar-refractivity contribution in [3.63, 3.8) is 0 Å². The topological polar surface area (TPSA) is 26.3 Å². The fraction of sp³-hybridized carbons (Fsp3) is 0.417. The zero-order valence-corrected chi connectivity index (χ0v) is 9.39. The second-order valence-electron chi connectivity index (χ2n) is 4.71. The first-order chi connectivity index (χ1) is 7.72. The van der Waals surface area contributed by atoms with Gasteiger partial charge in [0, 0.05) is 16.5 Å². The first-order valence-corrected chi connectivity index (χ1v) is 5.11. The first kappa shape index (κ1) is 12.0. The van der Waals surface area contributed by atoms with Crippen LogP contribution in [0.3, 0.4) is 0 Å². The summed E-state index contributed by atoms with van der Waals surface area (Å²) in [7, 11) is 0. The number of rotatable bonds is 1. The molecule has 0 saturated heterocycles. The summed E-state index contributed by atoms with van der Waals surface area (Å²) in [6.07, 6.45) is -4.84. The normalized spacial score (nSPS) is 17.5. The van der Waals surface area contributed by atoms with Crippen molar-refractivity contribution in [2.45, 2.75) is 25.4 Å². The van der Waals surface area contributed by atoms with E-state index in [2.05, 4.69) is 0 Å².